The quantitative estimate of drug-likeness (QED) is 0.232. The van der Waals surface area contributed by atoms with Gasteiger partial charge in [0.05, 0.1) is 0 Å². The molecule has 148 valence electrons. The molecule has 0 saturated heterocycles. The van der Waals surface area contributed by atoms with Crippen LogP contribution in [0.15, 0.2) is 53.4 Å². The highest BCUT2D eigenvalue weighted by atomic mass is 32.2. The van der Waals surface area contributed by atoms with E-state index in [0.717, 1.165) is 0 Å². The summed E-state index contributed by atoms with van der Waals surface area (Å²) >= 11 is 1.99. The number of hydrogen-bond donors (Lipinski definition) is 0. The van der Waals surface area contributed by atoms with Gasteiger partial charge in [0.1, 0.15) is 0 Å². The van der Waals surface area contributed by atoms with Crippen LogP contribution in [0.2, 0.25) is 0 Å². The van der Waals surface area contributed by atoms with E-state index in [4.69, 9.17) is 0 Å². The third kappa shape index (κ3) is 9.02. The highest BCUT2D eigenvalue weighted by Crippen LogP contribution is 2.25. The lowest BCUT2D eigenvalue weighted by Gasteiger charge is -2.07. The second kappa shape index (κ2) is 13.9. The van der Waals surface area contributed by atoms with Crippen LogP contribution in [-0.2, 0) is 6.42 Å². The van der Waals surface area contributed by atoms with E-state index in [2.05, 4.69) is 62.4 Å². The van der Waals surface area contributed by atoms with Gasteiger partial charge in [-0.25, -0.2) is 0 Å². The lowest BCUT2D eigenvalue weighted by Crippen LogP contribution is -1.87. The summed E-state index contributed by atoms with van der Waals surface area (Å²) in [5.41, 5.74) is 4.14. The predicted octanol–water partition coefficient (Wildman–Crippen LogP) is 8.93. The maximum atomic E-state index is 2.32. The summed E-state index contributed by atoms with van der Waals surface area (Å²) in [5.74, 6) is 1.24. The van der Waals surface area contributed by atoms with Crippen LogP contribution in [0.4, 0.5) is 0 Å². The first-order chi connectivity index (χ1) is 13.3. The molecule has 0 nitrogen and oxygen atoms in total. The number of benzene rings is 2. The molecule has 0 amide bonds. The molecule has 0 aliphatic carbocycles. The van der Waals surface area contributed by atoms with Crippen molar-refractivity contribution in [2.24, 2.45) is 0 Å². The summed E-state index contributed by atoms with van der Waals surface area (Å²) < 4.78 is 0. The van der Waals surface area contributed by atoms with E-state index in [-0.39, 0.29) is 0 Å². The fourth-order valence-electron chi connectivity index (χ4n) is 3.44. The van der Waals surface area contributed by atoms with E-state index in [1.807, 2.05) is 11.8 Å². The van der Waals surface area contributed by atoms with E-state index in [9.17, 15) is 0 Å². The minimum atomic E-state index is 1.22. The third-order valence-electron chi connectivity index (χ3n) is 5.23. The molecule has 0 saturated carbocycles. The van der Waals surface area contributed by atoms with Crippen LogP contribution in [0.25, 0.3) is 11.1 Å². The molecule has 0 atom stereocenters. The van der Waals surface area contributed by atoms with Crippen LogP contribution in [0, 0.1) is 0 Å². The van der Waals surface area contributed by atoms with Crippen LogP contribution in [0.3, 0.4) is 0 Å². The van der Waals surface area contributed by atoms with Crippen molar-refractivity contribution in [3.05, 3.63) is 54.1 Å². The molecule has 0 N–H and O–H groups in total. The summed E-state index contributed by atoms with van der Waals surface area (Å²) in [6.45, 7) is 4.55. The summed E-state index contributed by atoms with van der Waals surface area (Å²) in [6.07, 6.45) is 14.8. The molecular weight excluding hydrogens is 344 g/mol. The molecule has 0 aliphatic heterocycles. The first-order valence-electron chi connectivity index (χ1n) is 11.2. The second-order valence-electron chi connectivity index (χ2n) is 7.65. The summed E-state index contributed by atoms with van der Waals surface area (Å²) in [6, 6.07) is 18.3. The zero-order valence-electron chi connectivity index (χ0n) is 17.5. The van der Waals surface area contributed by atoms with Crippen LogP contribution in [0.1, 0.15) is 83.6 Å². The van der Waals surface area contributed by atoms with Crippen molar-refractivity contribution in [2.45, 2.75) is 89.4 Å². The standard InChI is InChI=1S/C26H38S/c1-3-5-7-9-10-11-13-23-14-16-24(17-15-23)25-18-20-26(21-19-25)27-22-12-8-6-4-2/h14-21H,3-13,22H2,1-2H3. The van der Waals surface area contributed by atoms with E-state index in [1.165, 1.54) is 98.0 Å². The van der Waals surface area contributed by atoms with Gasteiger partial charge in [-0.05, 0) is 53.8 Å². The van der Waals surface area contributed by atoms with Crippen molar-refractivity contribution in [1.29, 1.82) is 0 Å². The number of aryl methyl sites for hydroxylation is 1. The topological polar surface area (TPSA) is 0 Å². The number of hydrogen-bond acceptors (Lipinski definition) is 1. The Morgan fingerprint density at radius 2 is 1.07 bits per heavy atom. The van der Waals surface area contributed by atoms with Crippen molar-refractivity contribution in [3.8, 4) is 11.1 Å². The van der Waals surface area contributed by atoms with Gasteiger partial charge in [-0.3, -0.25) is 0 Å². The van der Waals surface area contributed by atoms with Gasteiger partial charge in [-0.1, -0.05) is 102 Å². The van der Waals surface area contributed by atoms with Crippen molar-refractivity contribution < 1.29 is 0 Å². The molecular formula is C26H38S. The van der Waals surface area contributed by atoms with Gasteiger partial charge in [0, 0.05) is 4.90 Å². The molecule has 2 aromatic carbocycles. The summed E-state index contributed by atoms with van der Waals surface area (Å²) in [5, 5.41) is 0. The van der Waals surface area contributed by atoms with Crippen molar-refractivity contribution in [2.75, 3.05) is 5.75 Å². The van der Waals surface area contributed by atoms with Gasteiger partial charge in [0.25, 0.3) is 0 Å². The highest BCUT2D eigenvalue weighted by Gasteiger charge is 2.00. The Morgan fingerprint density at radius 3 is 1.70 bits per heavy atom. The lowest BCUT2D eigenvalue weighted by molar-refractivity contribution is 0.607. The van der Waals surface area contributed by atoms with Crippen LogP contribution >= 0.6 is 11.8 Å². The Hall–Kier alpha value is -1.21. The Balaban J connectivity index is 1.74. The van der Waals surface area contributed by atoms with Gasteiger partial charge < -0.3 is 0 Å². The minimum absolute atomic E-state index is 1.22. The third-order valence-corrected chi connectivity index (χ3v) is 6.33. The van der Waals surface area contributed by atoms with Gasteiger partial charge in [0.15, 0.2) is 0 Å². The zero-order valence-corrected chi connectivity index (χ0v) is 18.3. The Morgan fingerprint density at radius 1 is 0.556 bits per heavy atom. The second-order valence-corrected chi connectivity index (χ2v) is 8.82. The number of rotatable bonds is 14. The molecule has 0 fully saturated rings. The molecule has 0 spiro atoms. The van der Waals surface area contributed by atoms with Crippen molar-refractivity contribution >= 4 is 11.8 Å². The first-order valence-corrected chi connectivity index (χ1v) is 12.1. The minimum Gasteiger partial charge on any atom is -0.126 e. The first kappa shape index (κ1) is 22.1. The van der Waals surface area contributed by atoms with Crippen LogP contribution in [-0.4, -0.2) is 5.75 Å². The van der Waals surface area contributed by atoms with Crippen molar-refractivity contribution in [3.63, 3.8) is 0 Å². The average molecular weight is 383 g/mol. The molecule has 2 rings (SSSR count). The Labute approximate surface area is 172 Å². The van der Waals surface area contributed by atoms with E-state index >= 15 is 0 Å². The van der Waals surface area contributed by atoms with E-state index in [1.54, 1.807) is 0 Å². The predicted molar refractivity (Wildman–Crippen MR) is 124 cm³/mol. The molecule has 0 bridgehead atoms. The SMILES string of the molecule is CCCCCCCCc1ccc(-c2ccc(SCCCCCC)cc2)cc1. The molecule has 0 radical (unpaired) electrons. The number of thioether (sulfide) groups is 1. The Bertz CT molecular complexity index is 597. The maximum Gasteiger partial charge on any atom is 0.00723 e. The van der Waals surface area contributed by atoms with E-state index < -0.39 is 0 Å². The maximum absolute atomic E-state index is 2.32. The Kier molecular flexibility index (Phi) is 11.4. The normalized spacial score (nSPS) is 11.0. The lowest BCUT2D eigenvalue weighted by atomic mass is 10.0. The molecule has 0 heterocycles. The van der Waals surface area contributed by atoms with Gasteiger partial charge in [-0.2, -0.15) is 0 Å². The summed E-state index contributed by atoms with van der Waals surface area (Å²) in [4.78, 5) is 1.40. The fourth-order valence-corrected chi connectivity index (χ4v) is 4.35. The molecule has 27 heavy (non-hydrogen) atoms. The molecule has 0 aliphatic rings. The average Bonchev–Trinajstić information content (AvgIpc) is 2.71. The van der Waals surface area contributed by atoms with E-state index in [0.29, 0.717) is 0 Å². The van der Waals surface area contributed by atoms with Crippen LogP contribution in [0.5, 0.6) is 0 Å². The molecule has 1 heteroatoms. The molecule has 2 aromatic rings. The molecule has 0 aromatic heterocycles. The monoisotopic (exact) mass is 382 g/mol. The molecule has 0 unspecified atom stereocenters. The highest BCUT2D eigenvalue weighted by molar-refractivity contribution is 7.99. The zero-order chi connectivity index (χ0) is 19.2. The van der Waals surface area contributed by atoms with Crippen molar-refractivity contribution in [1.82, 2.24) is 0 Å². The fraction of sp³-hybridized carbons (Fsp3) is 0.538. The smallest absolute Gasteiger partial charge is 0.00723 e. The van der Waals surface area contributed by atoms with Gasteiger partial charge in [-0.15, -0.1) is 11.8 Å². The van der Waals surface area contributed by atoms with Gasteiger partial charge in [0.2, 0.25) is 0 Å². The summed E-state index contributed by atoms with van der Waals surface area (Å²) in [7, 11) is 0. The number of unbranched alkanes of at least 4 members (excludes halogenated alkanes) is 8. The largest absolute Gasteiger partial charge is 0.126 e. The van der Waals surface area contributed by atoms with Gasteiger partial charge >= 0.3 is 0 Å². The van der Waals surface area contributed by atoms with Crippen LogP contribution < -0.4 is 0 Å².